The standard InChI is InChI=1S/C15H19N3S2/c16-18-14(15-10-19-7-8-20-15)9-12-6-5-11-3-1-2-4-13(11)17-12/h1-6,14-15,18H,7-10,16H2. The Morgan fingerprint density at radius 1 is 1.25 bits per heavy atom. The minimum atomic E-state index is 0.293. The number of thioether (sulfide) groups is 2. The van der Waals surface area contributed by atoms with Crippen LogP contribution >= 0.6 is 23.5 Å². The number of para-hydroxylation sites is 1. The Hall–Kier alpha value is -0.750. The normalized spacial score (nSPS) is 20.9. The molecule has 0 aliphatic carbocycles. The third kappa shape index (κ3) is 3.28. The van der Waals surface area contributed by atoms with Crippen LogP contribution in [0.15, 0.2) is 36.4 Å². The van der Waals surface area contributed by atoms with Gasteiger partial charge in [0, 0.05) is 46.1 Å². The van der Waals surface area contributed by atoms with E-state index >= 15 is 0 Å². The lowest BCUT2D eigenvalue weighted by Crippen LogP contribution is -2.46. The fourth-order valence-corrected chi connectivity index (χ4v) is 5.35. The number of benzene rings is 1. The molecule has 1 aromatic carbocycles. The van der Waals surface area contributed by atoms with Crippen LogP contribution in [0.3, 0.4) is 0 Å². The molecule has 5 heteroatoms. The molecule has 2 heterocycles. The number of nitrogens with two attached hydrogens (primary N) is 1. The van der Waals surface area contributed by atoms with Crippen molar-refractivity contribution in [1.29, 1.82) is 0 Å². The highest BCUT2D eigenvalue weighted by molar-refractivity contribution is 8.06. The van der Waals surface area contributed by atoms with Crippen molar-refractivity contribution in [3.05, 3.63) is 42.1 Å². The van der Waals surface area contributed by atoms with Gasteiger partial charge in [0.25, 0.3) is 0 Å². The van der Waals surface area contributed by atoms with E-state index < -0.39 is 0 Å². The van der Waals surface area contributed by atoms with Crippen LogP contribution < -0.4 is 11.3 Å². The van der Waals surface area contributed by atoms with Crippen LogP contribution in [0.1, 0.15) is 5.69 Å². The molecule has 106 valence electrons. The predicted octanol–water partition coefficient (Wildman–Crippen LogP) is 2.46. The summed E-state index contributed by atoms with van der Waals surface area (Å²) in [5.41, 5.74) is 5.17. The molecule has 2 unspecified atom stereocenters. The van der Waals surface area contributed by atoms with Gasteiger partial charge < -0.3 is 0 Å². The molecular weight excluding hydrogens is 286 g/mol. The first-order valence-electron chi connectivity index (χ1n) is 6.87. The Morgan fingerprint density at radius 2 is 2.15 bits per heavy atom. The molecule has 1 fully saturated rings. The molecule has 3 rings (SSSR count). The van der Waals surface area contributed by atoms with E-state index in [2.05, 4.69) is 29.7 Å². The molecule has 1 saturated heterocycles. The number of hydrogen-bond acceptors (Lipinski definition) is 5. The third-order valence-corrected chi connectivity index (χ3v) is 6.51. The minimum Gasteiger partial charge on any atom is -0.271 e. The summed E-state index contributed by atoms with van der Waals surface area (Å²) in [5.74, 6) is 9.41. The van der Waals surface area contributed by atoms with Crippen LogP contribution in [-0.4, -0.2) is 33.5 Å². The Bertz CT molecular complexity index is 570. The summed E-state index contributed by atoms with van der Waals surface area (Å²) in [4.78, 5) is 4.75. The van der Waals surface area contributed by atoms with Crippen LogP contribution in [0.2, 0.25) is 0 Å². The lowest BCUT2D eigenvalue weighted by atomic mass is 10.1. The number of rotatable bonds is 4. The third-order valence-electron chi connectivity index (χ3n) is 3.59. The van der Waals surface area contributed by atoms with Gasteiger partial charge in [-0.25, -0.2) is 0 Å². The second kappa shape index (κ2) is 6.80. The summed E-state index contributed by atoms with van der Waals surface area (Å²) in [6, 6.07) is 12.8. The van der Waals surface area contributed by atoms with Crippen LogP contribution in [0.5, 0.6) is 0 Å². The minimum absolute atomic E-state index is 0.293. The molecule has 3 nitrogen and oxygen atoms in total. The number of hydrazine groups is 1. The predicted molar refractivity (Wildman–Crippen MR) is 90.1 cm³/mol. The van der Waals surface area contributed by atoms with Gasteiger partial charge in [-0.2, -0.15) is 23.5 Å². The zero-order valence-electron chi connectivity index (χ0n) is 11.3. The molecule has 0 saturated carbocycles. The fraction of sp³-hybridized carbons (Fsp3) is 0.400. The molecule has 3 N–H and O–H groups in total. The highest BCUT2D eigenvalue weighted by Crippen LogP contribution is 2.27. The molecule has 0 amide bonds. The molecule has 1 aliphatic heterocycles. The molecule has 20 heavy (non-hydrogen) atoms. The molecule has 0 bridgehead atoms. The van der Waals surface area contributed by atoms with E-state index in [9.17, 15) is 0 Å². The van der Waals surface area contributed by atoms with E-state index in [1.807, 2.05) is 35.7 Å². The fourth-order valence-electron chi connectivity index (χ4n) is 2.48. The monoisotopic (exact) mass is 305 g/mol. The van der Waals surface area contributed by atoms with Gasteiger partial charge in [0.2, 0.25) is 0 Å². The van der Waals surface area contributed by atoms with Gasteiger partial charge >= 0.3 is 0 Å². The zero-order chi connectivity index (χ0) is 13.8. The molecule has 2 atom stereocenters. The van der Waals surface area contributed by atoms with Gasteiger partial charge in [-0.1, -0.05) is 24.3 Å². The lowest BCUT2D eigenvalue weighted by Gasteiger charge is -2.28. The number of aromatic nitrogens is 1. The molecule has 1 aliphatic rings. The average molecular weight is 305 g/mol. The summed E-state index contributed by atoms with van der Waals surface area (Å²) in [6.45, 7) is 0. The van der Waals surface area contributed by atoms with Gasteiger partial charge in [-0.3, -0.25) is 16.3 Å². The van der Waals surface area contributed by atoms with Crippen molar-refractivity contribution in [3.8, 4) is 0 Å². The van der Waals surface area contributed by atoms with Crippen LogP contribution in [0.25, 0.3) is 10.9 Å². The van der Waals surface area contributed by atoms with E-state index in [1.165, 1.54) is 22.6 Å². The van der Waals surface area contributed by atoms with Crippen LogP contribution in [0.4, 0.5) is 0 Å². The van der Waals surface area contributed by atoms with Crippen molar-refractivity contribution in [2.45, 2.75) is 17.7 Å². The van der Waals surface area contributed by atoms with Gasteiger partial charge in [0.1, 0.15) is 0 Å². The highest BCUT2D eigenvalue weighted by Gasteiger charge is 2.24. The molecular formula is C15H19N3S2. The van der Waals surface area contributed by atoms with Crippen LogP contribution in [0, 0.1) is 0 Å². The first-order chi connectivity index (χ1) is 9.86. The second-order valence-electron chi connectivity index (χ2n) is 4.96. The smallest absolute Gasteiger partial charge is 0.0705 e. The Morgan fingerprint density at radius 3 is 2.95 bits per heavy atom. The number of hydrogen-bond donors (Lipinski definition) is 2. The maximum atomic E-state index is 5.76. The van der Waals surface area contributed by atoms with E-state index in [-0.39, 0.29) is 0 Å². The van der Waals surface area contributed by atoms with E-state index in [4.69, 9.17) is 10.8 Å². The SMILES string of the molecule is NNC(Cc1ccc2ccccc2n1)C1CSCCS1. The second-order valence-corrected chi connectivity index (χ2v) is 7.45. The summed E-state index contributed by atoms with van der Waals surface area (Å²) in [7, 11) is 0. The molecule has 0 radical (unpaired) electrons. The number of pyridine rings is 1. The van der Waals surface area contributed by atoms with Gasteiger partial charge in [-0.05, 0) is 12.1 Å². The number of nitrogens with one attached hydrogen (secondary N) is 1. The summed E-state index contributed by atoms with van der Waals surface area (Å²) < 4.78 is 0. The Balaban J connectivity index is 1.76. The van der Waals surface area contributed by atoms with Crippen molar-refractivity contribution in [2.75, 3.05) is 17.3 Å². The summed E-state index contributed by atoms with van der Waals surface area (Å²) in [6.07, 6.45) is 0.888. The van der Waals surface area contributed by atoms with Crippen molar-refractivity contribution in [1.82, 2.24) is 10.4 Å². The first kappa shape index (κ1) is 14.2. The maximum Gasteiger partial charge on any atom is 0.0705 e. The zero-order valence-corrected chi connectivity index (χ0v) is 12.9. The van der Waals surface area contributed by atoms with Crippen molar-refractivity contribution in [3.63, 3.8) is 0 Å². The quantitative estimate of drug-likeness (QED) is 0.671. The van der Waals surface area contributed by atoms with Gasteiger partial charge in [-0.15, -0.1) is 0 Å². The molecule has 0 spiro atoms. The lowest BCUT2D eigenvalue weighted by molar-refractivity contribution is 0.519. The molecule has 2 aromatic rings. The van der Waals surface area contributed by atoms with Gasteiger partial charge in [0.15, 0.2) is 0 Å². The average Bonchev–Trinajstić information content (AvgIpc) is 2.53. The highest BCUT2D eigenvalue weighted by atomic mass is 32.2. The van der Waals surface area contributed by atoms with E-state index in [0.717, 1.165) is 17.6 Å². The number of fused-ring (bicyclic) bond motifs is 1. The van der Waals surface area contributed by atoms with Crippen molar-refractivity contribution < 1.29 is 0 Å². The van der Waals surface area contributed by atoms with Crippen molar-refractivity contribution in [2.24, 2.45) is 5.84 Å². The largest absolute Gasteiger partial charge is 0.271 e. The first-order valence-corrected chi connectivity index (χ1v) is 9.07. The van der Waals surface area contributed by atoms with E-state index in [0.29, 0.717) is 11.3 Å². The Kier molecular flexibility index (Phi) is 4.83. The maximum absolute atomic E-state index is 5.76. The Labute approximate surface area is 128 Å². The van der Waals surface area contributed by atoms with Gasteiger partial charge in [0.05, 0.1) is 5.52 Å². The summed E-state index contributed by atoms with van der Waals surface area (Å²) >= 11 is 4.05. The van der Waals surface area contributed by atoms with Crippen molar-refractivity contribution >= 4 is 34.4 Å². The topological polar surface area (TPSA) is 50.9 Å². The number of nitrogens with zero attached hydrogens (tertiary/aromatic N) is 1. The summed E-state index contributed by atoms with van der Waals surface area (Å²) in [5, 5.41) is 1.77. The van der Waals surface area contributed by atoms with Crippen LogP contribution in [-0.2, 0) is 6.42 Å². The van der Waals surface area contributed by atoms with E-state index in [1.54, 1.807) is 0 Å². The molecule has 1 aromatic heterocycles.